The van der Waals surface area contributed by atoms with Gasteiger partial charge in [-0.05, 0) is 43.4 Å². The Bertz CT molecular complexity index is 467. The van der Waals surface area contributed by atoms with Crippen molar-refractivity contribution in [1.82, 2.24) is 5.32 Å². The first kappa shape index (κ1) is 18.3. The van der Waals surface area contributed by atoms with Gasteiger partial charge in [0.15, 0.2) is 0 Å². The van der Waals surface area contributed by atoms with E-state index in [9.17, 15) is 4.79 Å². The summed E-state index contributed by atoms with van der Waals surface area (Å²) in [6.45, 7) is 2.07. The zero-order chi connectivity index (χ0) is 14.5. The summed E-state index contributed by atoms with van der Waals surface area (Å²) in [4.78, 5) is 12.4. The van der Waals surface area contributed by atoms with Crippen molar-refractivity contribution >= 4 is 29.9 Å². The van der Waals surface area contributed by atoms with Crippen LogP contribution in [-0.4, -0.2) is 11.9 Å². The van der Waals surface area contributed by atoms with Crippen molar-refractivity contribution in [3.05, 3.63) is 34.9 Å². The van der Waals surface area contributed by atoms with Crippen molar-refractivity contribution in [1.29, 1.82) is 0 Å². The van der Waals surface area contributed by atoms with Crippen LogP contribution < -0.4 is 11.1 Å². The third-order valence-corrected chi connectivity index (χ3v) is 4.30. The number of rotatable bonds is 4. The SMILES string of the molecule is CCC(NC(=O)C1CCCC(N)C1)c1cccc(Cl)c1.Cl. The Morgan fingerprint density at radius 3 is 2.86 bits per heavy atom. The Balaban J connectivity index is 0.00000220. The molecule has 0 heterocycles. The number of nitrogens with two attached hydrogens (primary N) is 1. The van der Waals surface area contributed by atoms with Crippen LogP contribution in [0.4, 0.5) is 0 Å². The van der Waals surface area contributed by atoms with Crippen LogP contribution in [0.3, 0.4) is 0 Å². The van der Waals surface area contributed by atoms with E-state index < -0.39 is 0 Å². The van der Waals surface area contributed by atoms with Crippen molar-refractivity contribution in [2.45, 2.75) is 51.1 Å². The van der Waals surface area contributed by atoms with E-state index in [1.54, 1.807) is 0 Å². The first-order valence-corrected chi connectivity index (χ1v) is 7.79. The van der Waals surface area contributed by atoms with Crippen molar-refractivity contribution < 1.29 is 4.79 Å². The third-order valence-electron chi connectivity index (χ3n) is 4.06. The monoisotopic (exact) mass is 330 g/mol. The molecule has 118 valence electrons. The Labute approximate surface area is 138 Å². The molecule has 3 atom stereocenters. The number of hydrogen-bond acceptors (Lipinski definition) is 2. The first-order chi connectivity index (χ1) is 9.60. The molecule has 0 spiro atoms. The van der Waals surface area contributed by atoms with E-state index in [1.807, 2.05) is 24.3 Å². The first-order valence-electron chi connectivity index (χ1n) is 7.41. The standard InChI is InChI=1S/C16H23ClN2O.ClH/c1-2-15(11-5-3-7-13(17)9-11)19-16(20)12-6-4-8-14(18)10-12;/h3,5,7,9,12,14-15H,2,4,6,8,10,18H2,1H3,(H,19,20);1H. The van der Waals surface area contributed by atoms with Gasteiger partial charge in [0.2, 0.25) is 5.91 Å². The van der Waals surface area contributed by atoms with Crippen molar-refractivity contribution in [3.63, 3.8) is 0 Å². The van der Waals surface area contributed by atoms with Crippen LogP contribution in [0.15, 0.2) is 24.3 Å². The number of nitrogens with one attached hydrogen (secondary N) is 1. The van der Waals surface area contributed by atoms with Crippen LogP contribution in [0.1, 0.15) is 50.6 Å². The molecule has 2 rings (SSSR count). The summed E-state index contributed by atoms with van der Waals surface area (Å²) < 4.78 is 0. The lowest BCUT2D eigenvalue weighted by atomic mass is 9.85. The van der Waals surface area contributed by atoms with Gasteiger partial charge in [-0.15, -0.1) is 12.4 Å². The van der Waals surface area contributed by atoms with Gasteiger partial charge in [-0.1, -0.05) is 37.1 Å². The largest absolute Gasteiger partial charge is 0.349 e. The highest BCUT2D eigenvalue weighted by molar-refractivity contribution is 6.30. The minimum Gasteiger partial charge on any atom is -0.349 e. The van der Waals surface area contributed by atoms with Gasteiger partial charge in [-0.2, -0.15) is 0 Å². The summed E-state index contributed by atoms with van der Waals surface area (Å²) in [7, 11) is 0. The maximum absolute atomic E-state index is 12.4. The average Bonchev–Trinajstić information content (AvgIpc) is 2.44. The fourth-order valence-corrected chi connectivity index (χ4v) is 3.10. The number of hydrogen-bond donors (Lipinski definition) is 2. The lowest BCUT2D eigenvalue weighted by Crippen LogP contribution is -2.39. The molecule has 0 saturated heterocycles. The number of halogens is 2. The molecule has 1 fully saturated rings. The third kappa shape index (κ3) is 5.17. The van der Waals surface area contributed by atoms with Crippen LogP contribution in [0, 0.1) is 5.92 Å². The summed E-state index contributed by atoms with van der Waals surface area (Å²) in [5.74, 6) is 0.193. The molecule has 21 heavy (non-hydrogen) atoms. The van der Waals surface area contributed by atoms with E-state index in [2.05, 4.69) is 12.2 Å². The number of benzene rings is 1. The average molecular weight is 331 g/mol. The second-order valence-electron chi connectivity index (χ2n) is 5.65. The Morgan fingerprint density at radius 1 is 1.48 bits per heavy atom. The number of carbonyl (C=O) groups excluding carboxylic acids is 1. The number of carbonyl (C=O) groups is 1. The van der Waals surface area contributed by atoms with Crippen LogP contribution in [0.2, 0.25) is 5.02 Å². The van der Waals surface area contributed by atoms with E-state index >= 15 is 0 Å². The highest BCUT2D eigenvalue weighted by atomic mass is 35.5. The lowest BCUT2D eigenvalue weighted by Gasteiger charge is -2.28. The quantitative estimate of drug-likeness (QED) is 0.880. The zero-order valence-electron chi connectivity index (χ0n) is 12.3. The summed E-state index contributed by atoms with van der Waals surface area (Å²) in [6.07, 6.45) is 4.69. The van der Waals surface area contributed by atoms with Crippen LogP contribution >= 0.6 is 24.0 Å². The number of amides is 1. The van der Waals surface area contributed by atoms with Crippen LogP contribution in [-0.2, 0) is 4.79 Å². The zero-order valence-corrected chi connectivity index (χ0v) is 13.9. The smallest absolute Gasteiger partial charge is 0.223 e. The molecule has 3 nitrogen and oxygen atoms in total. The van der Waals surface area contributed by atoms with E-state index in [-0.39, 0.29) is 36.3 Å². The summed E-state index contributed by atoms with van der Waals surface area (Å²) in [5.41, 5.74) is 7.02. The maximum Gasteiger partial charge on any atom is 0.223 e. The molecule has 0 aliphatic heterocycles. The topological polar surface area (TPSA) is 55.1 Å². The Kier molecular flexibility index (Phi) is 7.50. The van der Waals surface area contributed by atoms with Gasteiger partial charge in [0.1, 0.15) is 0 Å². The van der Waals surface area contributed by atoms with Gasteiger partial charge >= 0.3 is 0 Å². The Morgan fingerprint density at radius 2 is 2.24 bits per heavy atom. The molecular weight excluding hydrogens is 307 g/mol. The van der Waals surface area contributed by atoms with Gasteiger partial charge in [0.25, 0.3) is 0 Å². The van der Waals surface area contributed by atoms with E-state index in [4.69, 9.17) is 17.3 Å². The molecule has 0 bridgehead atoms. The fraction of sp³-hybridized carbons (Fsp3) is 0.562. The molecule has 1 aromatic rings. The van der Waals surface area contributed by atoms with Crippen molar-refractivity contribution in [2.24, 2.45) is 11.7 Å². The fourth-order valence-electron chi connectivity index (χ4n) is 2.90. The van der Waals surface area contributed by atoms with E-state index in [0.717, 1.165) is 37.7 Å². The van der Waals surface area contributed by atoms with Gasteiger partial charge in [0, 0.05) is 17.0 Å². The lowest BCUT2D eigenvalue weighted by molar-refractivity contribution is -0.126. The normalized spacial score (nSPS) is 23.0. The second kappa shape index (κ2) is 8.62. The molecule has 3 unspecified atom stereocenters. The molecule has 1 aromatic carbocycles. The maximum atomic E-state index is 12.4. The molecule has 1 aliphatic rings. The predicted octanol–water partition coefficient (Wildman–Crippen LogP) is 3.85. The van der Waals surface area contributed by atoms with E-state index in [0.29, 0.717) is 5.02 Å². The van der Waals surface area contributed by atoms with E-state index in [1.165, 1.54) is 0 Å². The molecular formula is C16H24Cl2N2O. The van der Waals surface area contributed by atoms with Gasteiger partial charge in [0.05, 0.1) is 6.04 Å². The van der Waals surface area contributed by atoms with Crippen molar-refractivity contribution in [3.8, 4) is 0 Å². The van der Waals surface area contributed by atoms with Gasteiger partial charge in [-0.25, -0.2) is 0 Å². The molecule has 1 amide bonds. The van der Waals surface area contributed by atoms with Crippen LogP contribution in [0.5, 0.6) is 0 Å². The Hall–Kier alpha value is -0.770. The molecule has 0 aromatic heterocycles. The summed E-state index contributed by atoms with van der Waals surface area (Å²) in [5, 5.41) is 3.85. The van der Waals surface area contributed by atoms with Gasteiger partial charge in [-0.3, -0.25) is 4.79 Å². The van der Waals surface area contributed by atoms with Crippen LogP contribution in [0.25, 0.3) is 0 Å². The summed E-state index contributed by atoms with van der Waals surface area (Å²) >= 11 is 6.02. The molecule has 0 radical (unpaired) electrons. The summed E-state index contributed by atoms with van der Waals surface area (Å²) in [6, 6.07) is 7.89. The highest BCUT2D eigenvalue weighted by Crippen LogP contribution is 2.25. The predicted molar refractivity (Wildman–Crippen MR) is 89.8 cm³/mol. The molecule has 1 saturated carbocycles. The second-order valence-corrected chi connectivity index (χ2v) is 6.08. The molecule has 3 N–H and O–H groups in total. The molecule has 5 heteroatoms. The minimum absolute atomic E-state index is 0. The highest BCUT2D eigenvalue weighted by Gasteiger charge is 2.26. The van der Waals surface area contributed by atoms with Crippen molar-refractivity contribution in [2.75, 3.05) is 0 Å². The van der Waals surface area contributed by atoms with Gasteiger partial charge < -0.3 is 11.1 Å². The molecule has 1 aliphatic carbocycles. The minimum atomic E-state index is 0.